The summed E-state index contributed by atoms with van der Waals surface area (Å²) in [6.45, 7) is 4.47. The smallest absolute Gasteiger partial charge is 0.259 e. The van der Waals surface area contributed by atoms with E-state index in [2.05, 4.69) is 15.6 Å². The standard InChI is InChI=1S/C15H15ClFN3O/c1-3-18-14-6-9(2)19-8-11(14)15(21)20-13-5-4-10(17)7-12(13)16/h4-8H,3H2,1-2H3,(H,18,19)(H,20,21). The fraction of sp³-hybridized carbons (Fsp3) is 0.200. The monoisotopic (exact) mass is 307 g/mol. The van der Waals surface area contributed by atoms with E-state index in [0.29, 0.717) is 23.5 Å². The van der Waals surface area contributed by atoms with Crippen LogP contribution in [-0.2, 0) is 0 Å². The SMILES string of the molecule is CCNc1cc(C)ncc1C(=O)Nc1ccc(F)cc1Cl. The number of pyridine rings is 1. The Hall–Kier alpha value is -2.14. The molecule has 21 heavy (non-hydrogen) atoms. The molecule has 0 atom stereocenters. The molecule has 0 saturated carbocycles. The Balaban J connectivity index is 2.28. The summed E-state index contributed by atoms with van der Waals surface area (Å²) in [6.07, 6.45) is 1.50. The van der Waals surface area contributed by atoms with Gasteiger partial charge in [-0.1, -0.05) is 11.6 Å². The lowest BCUT2D eigenvalue weighted by Crippen LogP contribution is -2.16. The van der Waals surface area contributed by atoms with Crippen LogP contribution in [0.15, 0.2) is 30.5 Å². The van der Waals surface area contributed by atoms with Crippen molar-refractivity contribution in [2.24, 2.45) is 0 Å². The number of nitrogens with zero attached hydrogens (tertiary/aromatic N) is 1. The maximum Gasteiger partial charge on any atom is 0.259 e. The summed E-state index contributed by atoms with van der Waals surface area (Å²) in [7, 11) is 0. The van der Waals surface area contributed by atoms with Gasteiger partial charge in [0.1, 0.15) is 5.82 Å². The van der Waals surface area contributed by atoms with Crippen molar-refractivity contribution >= 4 is 28.9 Å². The Morgan fingerprint density at radius 2 is 2.10 bits per heavy atom. The third-order valence-electron chi connectivity index (χ3n) is 2.83. The topological polar surface area (TPSA) is 54.0 Å². The number of aromatic nitrogens is 1. The molecule has 0 bridgehead atoms. The average Bonchev–Trinajstić information content (AvgIpc) is 2.42. The van der Waals surface area contributed by atoms with E-state index >= 15 is 0 Å². The first-order valence-corrected chi connectivity index (χ1v) is 6.86. The Labute approximate surface area is 127 Å². The highest BCUT2D eigenvalue weighted by Gasteiger charge is 2.14. The molecule has 2 rings (SSSR count). The molecule has 0 spiro atoms. The molecule has 4 nitrogen and oxygen atoms in total. The van der Waals surface area contributed by atoms with Gasteiger partial charge in [-0.3, -0.25) is 9.78 Å². The Bertz CT molecular complexity index is 676. The maximum atomic E-state index is 13.0. The van der Waals surface area contributed by atoms with Crippen molar-refractivity contribution in [3.05, 3.63) is 52.6 Å². The molecule has 110 valence electrons. The van der Waals surface area contributed by atoms with Gasteiger partial charge in [0.25, 0.3) is 5.91 Å². The van der Waals surface area contributed by atoms with Gasteiger partial charge in [-0.15, -0.1) is 0 Å². The summed E-state index contributed by atoms with van der Waals surface area (Å²) in [5.41, 5.74) is 2.26. The van der Waals surface area contributed by atoms with Gasteiger partial charge in [-0.25, -0.2) is 4.39 Å². The summed E-state index contributed by atoms with van der Waals surface area (Å²) in [5, 5.41) is 5.91. The Kier molecular flexibility index (Phi) is 4.75. The normalized spacial score (nSPS) is 10.3. The van der Waals surface area contributed by atoms with Crippen molar-refractivity contribution < 1.29 is 9.18 Å². The van der Waals surface area contributed by atoms with E-state index in [-0.39, 0.29) is 10.9 Å². The minimum atomic E-state index is -0.455. The van der Waals surface area contributed by atoms with Gasteiger partial charge in [0.05, 0.1) is 22.0 Å². The van der Waals surface area contributed by atoms with Crippen LogP contribution in [0.25, 0.3) is 0 Å². The molecule has 1 heterocycles. The van der Waals surface area contributed by atoms with Crippen LogP contribution in [0.3, 0.4) is 0 Å². The number of benzene rings is 1. The summed E-state index contributed by atoms with van der Waals surface area (Å²) < 4.78 is 13.0. The zero-order valence-corrected chi connectivity index (χ0v) is 12.5. The van der Waals surface area contributed by atoms with Crippen LogP contribution in [-0.4, -0.2) is 17.4 Å². The number of halogens is 2. The number of amides is 1. The van der Waals surface area contributed by atoms with Crippen molar-refractivity contribution in [2.75, 3.05) is 17.2 Å². The minimum absolute atomic E-state index is 0.147. The molecule has 0 saturated heterocycles. The number of hydrogen-bond donors (Lipinski definition) is 2. The number of carbonyl (C=O) groups excluding carboxylic acids is 1. The third-order valence-corrected chi connectivity index (χ3v) is 3.14. The van der Waals surface area contributed by atoms with Gasteiger partial charge in [0.2, 0.25) is 0 Å². The predicted octanol–water partition coefficient (Wildman–Crippen LogP) is 3.87. The second-order valence-electron chi connectivity index (χ2n) is 4.48. The fourth-order valence-corrected chi connectivity index (χ4v) is 2.07. The zero-order chi connectivity index (χ0) is 15.4. The average molecular weight is 308 g/mol. The van der Waals surface area contributed by atoms with Gasteiger partial charge in [0.15, 0.2) is 0 Å². The summed E-state index contributed by atoms with van der Waals surface area (Å²) in [4.78, 5) is 16.4. The van der Waals surface area contributed by atoms with E-state index in [0.717, 1.165) is 11.8 Å². The van der Waals surface area contributed by atoms with Crippen LogP contribution in [0.2, 0.25) is 5.02 Å². The van der Waals surface area contributed by atoms with E-state index in [1.807, 2.05) is 13.8 Å². The van der Waals surface area contributed by atoms with Crippen LogP contribution in [0.4, 0.5) is 15.8 Å². The molecule has 0 unspecified atom stereocenters. The summed E-state index contributed by atoms with van der Waals surface area (Å²) in [5.74, 6) is -0.810. The summed E-state index contributed by atoms with van der Waals surface area (Å²) >= 11 is 5.90. The van der Waals surface area contributed by atoms with Gasteiger partial charge in [0, 0.05) is 18.4 Å². The van der Waals surface area contributed by atoms with Crippen molar-refractivity contribution in [2.45, 2.75) is 13.8 Å². The third kappa shape index (κ3) is 3.70. The molecule has 0 radical (unpaired) electrons. The van der Waals surface area contributed by atoms with Crippen LogP contribution < -0.4 is 10.6 Å². The molecule has 0 aliphatic heterocycles. The molecule has 6 heteroatoms. The van der Waals surface area contributed by atoms with Gasteiger partial charge >= 0.3 is 0 Å². The molecular weight excluding hydrogens is 293 g/mol. The highest BCUT2D eigenvalue weighted by molar-refractivity contribution is 6.34. The lowest BCUT2D eigenvalue weighted by molar-refractivity contribution is 0.102. The van der Waals surface area contributed by atoms with Crippen LogP contribution in [0, 0.1) is 12.7 Å². The number of anilines is 2. The van der Waals surface area contributed by atoms with Crippen LogP contribution in [0.1, 0.15) is 23.0 Å². The van der Waals surface area contributed by atoms with E-state index in [1.54, 1.807) is 6.07 Å². The molecule has 2 aromatic rings. The number of aryl methyl sites for hydroxylation is 1. The van der Waals surface area contributed by atoms with Crippen molar-refractivity contribution in [1.82, 2.24) is 4.98 Å². The number of rotatable bonds is 4. The molecule has 1 aromatic carbocycles. The quantitative estimate of drug-likeness (QED) is 0.901. The first-order chi connectivity index (χ1) is 10.0. The highest BCUT2D eigenvalue weighted by atomic mass is 35.5. The van der Waals surface area contributed by atoms with E-state index in [9.17, 15) is 9.18 Å². The van der Waals surface area contributed by atoms with E-state index < -0.39 is 5.82 Å². The molecule has 0 aliphatic rings. The van der Waals surface area contributed by atoms with Crippen LogP contribution >= 0.6 is 11.6 Å². The summed E-state index contributed by atoms with van der Waals surface area (Å²) in [6, 6.07) is 5.60. The molecule has 1 amide bonds. The maximum absolute atomic E-state index is 13.0. The second-order valence-corrected chi connectivity index (χ2v) is 4.89. The molecule has 0 fully saturated rings. The molecule has 0 aliphatic carbocycles. The first kappa shape index (κ1) is 15.3. The fourth-order valence-electron chi connectivity index (χ4n) is 1.86. The number of nitrogens with one attached hydrogen (secondary N) is 2. The van der Waals surface area contributed by atoms with Crippen molar-refractivity contribution in [3.8, 4) is 0 Å². The van der Waals surface area contributed by atoms with Gasteiger partial charge < -0.3 is 10.6 Å². The predicted molar refractivity (Wildman–Crippen MR) is 82.5 cm³/mol. The Morgan fingerprint density at radius 3 is 2.76 bits per heavy atom. The second kappa shape index (κ2) is 6.54. The highest BCUT2D eigenvalue weighted by Crippen LogP contribution is 2.24. The zero-order valence-electron chi connectivity index (χ0n) is 11.7. The molecule has 1 aromatic heterocycles. The van der Waals surface area contributed by atoms with Crippen molar-refractivity contribution in [3.63, 3.8) is 0 Å². The van der Waals surface area contributed by atoms with E-state index in [4.69, 9.17) is 11.6 Å². The molecular formula is C15H15ClFN3O. The Morgan fingerprint density at radius 1 is 1.33 bits per heavy atom. The van der Waals surface area contributed by atoms with Crippen molar-refractivity contribution in [1.29, 1.82) is 0 Å². The minimum Gasteiger partial charge on any atom is -0.385 e. The van der Waals surface area contributed by atoms with Gasteiger partial charge in [-0.2, -0.15) is 0 Å². The van der Waals surface area contributed by atoms with Gasteiger partial charge in [-0.05, 0) is 38.1 Å². The number of carbonyl (C=O) groups is 1. The molecule has 2 N–H and O–H groups in total. The lowest BCUT2D eigenvalue weighted by Gasteiger charge is -2.12. The lowest BCUT2D eigenvalue weighted by atomic mass is 10.2. The first-order valence-electron chi connectivity index (χ1n) is 6.48. The number of hydrogen-bond acceptors (Lipinski definition) is 3. The van der Waals surface area contributed by atoms with Crippen LogP contribution in [0.5, 0.6) is 0 Å². The van der Waals surface area contributed by atoms with E-state index in [1.165, 1.54) is 18.3 Å². The largest absolute Gasteiger partial charge is 0.385 e.